The average molecular weight is 317 g/mol. The van der Waals surface area contributed by atoms with Crippen molar-refractivity contribution in [1.82, 2.24) is 10.3 Å². The van der Waals surface area contributed by atoms with Gasteiger partial charge in [-0.15, -0.1) is 11.3 Å². The fraction of sp³-hybridized carbons (Fsp3) is 0.412. The van der Waals surface area contributed by atoms with E-state index in [1.807, 2.05) is 0 Å². The van der Waals surface area contributed by atoms with E-state index in [1.54, 1.807) is 5.38 Å². The van der Waals surface area contributed by atoms with E-state index in [4.69, 9.17) is 5.73 Å². The molecule has 2 aromatic rings. The van der Waals surface area contributed by atoms with Gasteiger partial charge in [0.1, 0.15) is 5.69 Å². The third-order valence-corrected chi connectivity index (χ3v) is 4.58. The van der Waals surface area contributed by atoms with Crippen LogP contribution in [-0.2, 0) is 11.8 Å². The molecule has 0 aliphatic heterocycles. The molecule has 0 fully saturated rings. The fourth-order valence-electron chi connectivity index (χ4n) is 2.15. The first-order chi connectivity index (χ1) is 10.4. The monoisotopic (exact) mass is 317 g/mol. The van der Waals surface area contributed by atoms with Crippen molar-refractivity contribution < 1.29 is 4.79 Å². The van der Waals surface area contributed by atoms with Crippen LogP contribution in [0.15, 0.2) is 29.6 Å². The van der Waals surface area contributed by atoms with Gasteiger partial charge in [-0.2, -0.15) is 0 Å². The first-order valence-electron chi connectivity index (χ1n) is 7.42. The summed E-state index contributed by atoms with van der Waals surface area (Å²) in [6, 6.07) is 8.42. The van der Waals surface area contributed by atoms with Crippen molar-refractivity contribution in [3.8, 4) is 0 Å². The number of aryl methyl sites for hydroxylation is 1. The van der Waals surface area contributed by atoms with Crippen molar-refractivity contribution in [2.45, 2.75) is 32.6 Å². The number of thiazole rings is 1. The summed E-state index contributed by atoms with van der Waals surface area (Å²) in [5.74, 6) is -0.125. The molecule has 1 aromatic carbocycles. The highest BCUT2D eigenvalue weighted by Gasteiger charge is 2.22. The molecule has 1 heterocycles. The number of benzene rings is 1. The topological polar surface area (TPSA) is 68.0 Å². The molecule has 4 nitrogen and oxygen atoms in total. The lowest BCUT2D eigenvalue weighted by atomic mass is 9.84. The molecule has 22 heavy (non-hydrogen) atoms. The Kier molecular flexibility index (Phi) is 5.32. The van der Waals surface area contributed by atoms with E-state index >= 15 is 0 Å². The molecule has 0 aliphatic carbocycles. The Balaban J connectivity index is 1.98. The van der Waals surface area contributed by atoms with Crippen LogP contribution in [0.1, 0.15) is 40.5 Å². The van der Waals surface area contributed by atoms with Gasteiger partial charge in [0.2, 0.25) is 0 Å². The molecule has 0 bridgehead atoms. The first-order valence-corrected chi connectivity index (χ1v) is 8.30. The van der Waals surface area contributed by atoms with Gasteiger partial charge in [0, 0.05) is 23.8 Å². The Bertz CT molecular complexity index is 632. The van der Waals surface area contributed by atoms with E-state index in [2.05, 4.69) is 55.3 Å². The molecule has 1 amide bonds. The third kappa shape index (κ3) is 4.15. The van der Waals surface area contributed by atoms with Gasteiger partial charge in [-0.05, 0) is 19.0 Å². The van der Waals surface area contributed by atoms with Gasteiger partial charge >= 0.3 is 0 Å². The largest absolute Gasteiger partial charge is 0.350 e. The van der Waals surface area contributed by atoms with Crippen molar-refractivity contribution in [2.24, 2.45) is 5.73 Å². The van der Waals surface area contributed by atoms with Crippen LogP contribution < -0.4 is 11.1 Å². The lowest BCUT2D eigenvalue weighted by Gasteiger charge is -2.25. The maximum atomic E-state index is 12.2. The Morgan fingerprint density at radius 1 is 1.32 bits per heavy atom. The van der Waals surface area contributed by atoms with Gasteiger partial charge in [0.05, 0.1) is 5.01 Å². The van der Waals surface area contributed by atoms with Gasteiger partial charge in [-0.3, -0.25) is 4.79 Å². The summed E-state index contributed by atoms with van der Waals surface area (Å²) in [6.45, 7) is 7.44. The molecule has 0 saturated heterocycles. The van der Waals surface area contributed by atoms with Crippen LogP contribution in [0, 0.1) is 6.92 Å². The summed E-state index contributed by atoms with van der Waals surface area (Å²) in [7, 11) is 0. The minimum absolute atomic E-state index is 0.125. The summed E-state index contributed by atoms with van der Waals surface area (Å²) in [5.41, 5.74) is 8.30. The lowest BCUT2D eigenvalue weighted by molar-refractivity contribution is 0.0941. The Hall–Kier alpha value is -1.72. The molecule has 0 radical (unpaired) electrons. The standard InChI is InChI=1S/C17H23N3OS/c1-12-4-6-13(7-5-12)17(2,3)11-19-16(21)14-10-22-15(20-14)8-9-18/h4-7,10H,8-9,11,18H2,1-3H3,(H,19,21). The van der Waals surface area contributed by atoms with Crippen molar-refractivity contribution in [1.29, 1.82) is 0 Å². The first kappa shape index (κ1) is 16.6. The number of hydrogen-bond acceptors (Lipinski definition) is 4. The van der Waals surface area contributed by atoms with Crippen LogP contribution in [0.25, 0.3) is 0 Å². The number of nitrogens with two attached hydrogens (primary N) is 1. The maximum absolute atomic E-state index is 12.2. The van der Waals surface area contributed by atoms with Gasteiger partial charge in [0.25, 0.3) is 5.91 Å². The highest BCUT2D eigenvalue weighted by molar-refractivity contribution is 7.09. The second kappa shape index (κ2) is 7.03. The Morgan fingerprint density at radius 3 is 2.64 bits per heavy atom. The van der Waals surface area contributed by atoms with Crippen LogP contribution in [0.2, 0.25) is 0 Å². The molecule has 0 atom stereocenters. The SMILES string of the molecule is Cc1ccc(C(C)(C)CNC(=O)c2csc(CCN)n2)cc1. The number of carbonyl (C=O) groups is 1. The molecule has 0 saturated carbocycles. The zero-order chi connectivity index (χ0) is 16.2. The number of carbonyl (C=O) groups excluding carboxylic acids is 1. The van der Waals surface area contributed by atoms with Crippen molar-refractivity contribution >= 4 is 17.2 Å². The molecule has 0 spiro atoms. The highest BCUT2D eigenvalue weighted by atomic mass is 32.1. The number of rotatable bonds is 6. The second-order valence-electron chi connectivity index (χ2n) is 6.10. The van der Waals surface area contributed by atoms with E-state index in [-0.39, 0.29) is 11.3 Å². The quantitative estimate of drug-likeness (QED) is 0.860. The van der Waals surface area contributed by atoms with E-state index in [9.17, 15) is 4.79 Å². The molecule has 0 aliphatic rings. The zero-order valence-electron chi connectivity index (χ0n) is 13.3. The van der Waals surface area contributed by atoms with Crippen molar-refractivity contribution in [2.75, 3.05) is 13.1 Å². The van der Waals surface area contributed by atoms with E-state index in [1.165, 1.54) is 22.5 Å². The summed E-state index contributed by atoms with van der Waals surface area (Å²) in [4.78, 5) is 16.5. The van der Waals surface area contributed by atoms with Crippen LogP contribution in [0.3, 0.4) is 0 Å². The minimum atomic E-state index is -0.126. The molecule has 1 aromatic heterocycles. The highest BCUT2D eigenvalue weighted by Crippen LogP contribution is 2.22. The Labute approximate surface area is 135 Å². The van der Waals surface area contributed by atoms with Crippen molar-refractivity contribution in [3.63, 3.8) is 0 Å². The van der Waals surface area contributed by atoms with Crippen molar-refractivity contribution in [3.05, 3.63) is 51.5 Å². The predicted octanol–water partition coefficient (Wildman–Crippen LogP) is 2.66. The second-order valence-corrected chi connectivity index (χ2v) is 7.04. The normalized spacial score (nSPS) is 11.5. The molecule has 5 heteroatoms. The van der Waals surface area contributed by atoms with Crippen LogP contribution in [0.4, 0.5) is 0 Å². The van der Waals surface area contributed by atoms with Gasteiger partial charge in [-0.25, -0.2) is 4.98 Å². The van der Waals surface area contributed by atoms with Gasteiger partial charge in [0.15, 0.2) is 0 Å². The van der Waals surface area contributed by atoms with E-state index in [0.29, 0.717) is 25.2 Å². The number of nitrogens with one attached hydrogen (secondary N) is 1. The minimum Gasteiger partial charge on any atom is -0.350 e. The van der Waals surface area contributed by atoms with Crippen LogP contribution in [-0.4, -0.2) is 24.0 Å². The van der Waals surface area contributed by atoms with E-state index < -0.39 is 0 Å². The molecular formula is C17H23N3OS. The smallest absolute Gasteiger partial charge is 0.270 e. The molecule has 3 N–H and O–H groups in total. The summed E-state index contributed by atoms with van der Waals surface area (Å²) in [6.07, 6.45) is 0.715. The fourth-order valence-corrected chi connectivity index (χ4v) is 2.95. The third-order valence-electron chi connectivity index (χ3n) is 3.67. The van der Waals surface area contributed by atoms with Crippen LogP contribution in [0.5, 0.6) is 0 Å². The van der Waals surface area contributed by atoms with Gasteiger partial charge in [-0.1, -0.05) is 43.7 Å². The summed E-state index contributed by atoms with van der Waals surface area (Å²) >= 11 is 1.48. The number of hydrogen-bond donors (Lipinski definition) is 2. The molecule has 118 valence electrons. The van der Waals surface area contributed by atoms with Crippen LogP contribution >= 0.6 is 11.3 Å². The summed E-state index contributed by atoms with van der Waals surface area (Å²) < 4.78 is 0. The zero-order valence-corrected chi connectivity index (χ0v) is 14.2. The van der Waals surface area contributed by atoms with E-state index in [0.717, 1.165) is 5.01 Å². The lowest BCUT2D eigenvalue weighted by Crippen LogP contribution is -2.36. The molecule has 2 rings (SSSR count). The summed E-state index contributed by atoms with van der Waals surface area (Å²) in [5, 5.41) is 5.68. The maximum Gasteiger partial charge on any atom is 0.270 e. The average Bonchev–Trinajstić information content (AvgIpc) is 2.94. The van der Waals surface area contributed by atoms with Gasteiger partial charge < -0.3 is 11.1 Å². The predicted molar refractivity (Wildman–Crippen MR) is 91.4 cm³/mol. The molecular weight excluding hydrogens is 294 g/mol. The molecule has 0 unspecified atom stereocenters. The number of nitrogens with zero attached hydrogens (tertiary/aromatic N) is 1. The number of amides is 1. The Morgan fingerprint density at radius 2 is 2.00 bits per heavy atom. The number of aromatic nitrogens is 1.